The van der Waals surface area contributed by atoms with E-state index < -0.39 is 10.0 Å². The number of benzene rings is 2. The zero-order valence-electron chi connectivity index (χ0n) is 14.2. The molecule has 1 aliphatic heterocycles. The van der Waals surface area contributed by atoms with E-state index in [-0.39, 0.29) is 6.04 Å². The van der Waals surface area contributed by atoms with Crippen LogP contribution in [0.15, 0.2) is 58.3 Å². The third-order valence-corrected chi connectivity index (χ3v) is 7.83. The first-order valence-electron chi connectivity index (χ1n) is 8.44. The maximum Gasteiger partial charge on any atom is 0.243 e. The van der Waals surface area contributed by atoms with Crippen LogP contribution in [0, 0.1) is 6.92 Å². The van der Waals surface area contributed by atoms with Crippen LogP contribution in [0.25, 0.3) is 0 Å². The van der Waals surface area contributed by atoms with Crippen LogP contribution in [-0.2, 0) is 10.0 Å². The highest BCUT2D eigenvalue weighted by molar-refractivity contribution is 7.99. The zero-order chi connectivity index (χ0) is 17.9. The van der Waals surface area contributed by atoms with Crippen molar-refractivity contribution in [1.82, 2.24) is 4.31 Å². The van der Waals surface area contributed by atoms with Crippen molar-refractivity contribution >= 4 is 33.4 Å². The minimum Gasteiger partial charge on any atom is -0.207 e. The molecule has 6 heteroatoms. The summed E-state index contributed by atoms with van der Waals surface area (Å²) in [6, 6.07) is 14.9. The van der Waals surface area contributed by atoms with Crippen LogP contribution in [0.3, 0.4) is 0 Å². The Bertz CT molecular complexity index is 804. The number of halogens is 1. The Morgan fingerprint density at radius 1 is 1.08 bits per heavy atom. The van der Waals surface area contributed by atoms with Crippen molar-refractivity contribution in [2.75, 3.05) is 12.3 Å². The van der Waals surface area contributed by atoms with Crippen LogP contribution in [-0.4, -0.2) is 31.1 Å². The summed E-state index contributed by atoms with van der Waals surface area (Å²) in [5, 5.41) is 0.714. The Balaban J connectivity index is 1.75. The summed E-state index contributed by atoms with van der Waals surface area (Å²) in [6.45, 7) is 2.56. The fourth-order valence-electron chi connectivity index (χ4n) is 3.03. The Kier molecular flexibility index (Phi) is 6.10. The summed E-state index contributed by atoms with van der Waals surface area (Å²) >= 11 is 7.61. The van der Waals surface area contributed by atoms with E-state index in [2.05, 4.69) is 0 Å². The lowest BCUT2D eigenvalue weighted by Gasteiger charge is -2.34. The molecule has 0 aromatic heterocycles. The third-order valence-electron chi connectivity index (χ3n) is 4.46. The fraction of sp³-hybridized carbons (Fsp3) is 0.368. The van der Waals surface area contributed by atoms with E-state index in [4.69, 9.17) is 11.6 Å². The van der Waals surface area contributed by atoms with Crippen molar-refractivity contribution < 1.29 is 8.42 Å². The minimum atomic E-state index is -3.44. The summed E-state index contributed by atoms with van der Waals surface area (Å²) in [5.41, 5.74) is 1.06. The molecule has 0 radical (unpaired) electrons. The molecule has 0 bridgehead atoms. The van der Waals surface area contributed by atoms with Gasteiger partial charge in [-0.25, -0.2) is 8.42 Å². The lowest BCUT2D eigenvalue weighted by molar-refractivity contribution is 0.272. The molecule has 134 valence electrons. The Morgan fingerprint density at radius 2 is 1.76 bits per heavy atom. The van der Waals surface area contributed by atoms with E-state index in [0.29, 0.717) is 16.5 Å². The van der Waals surface area contributed by atoms with Crippen LogP contribution >= 0.6 is 23.4 Å². The van der Waals surface area contributed by atoms with Crippen molar-refractivity contribution in [3.63, 3.8) is 0 Å². The molecule has 2 aromatic rings. The van der Waals surface area contributed by atoms with E-state index in [1.807, 2.05) is 43.3 Å². The molecule has 1 fully saturated rings. The van der Waals surface area contributed by atoms with Gasteiger partial charge >= 0.3 is 0 Å². The summed E-state index contributed by atoms with van der Waals surface area (Å²) in [4.78, 5) is 1.50. The molecule has 1 saturated heterocycles. The van der Waals surface area contributed by atoms with Gasteiger partial charge in [0.2, 0.25) is 10.0 Å². The van der Waals surface area contributed by atoms with Crippen LogP contribution in [0.4, 0.5) is 0 Å². The van der Waals surface area contributed by atoms with Gasteiger partial charge in [-0.1, -0.05) is 35.7 Å². The summed E-state index contributed by atoms with van der Waals surface area (Å²) in [6.07, 6.45) is 2.91. The number of hydrogen-bond donors (Lipinski definition) is 0. The van der Waals surface area contributed by atoms with Gasteiger partial charge in [0.15, 0.2) is 0 Å². The average molecular weight is 396 g/mol. The highest BCUT2D eigenvalue weighted by Gasteiger charge is 2.33. The summed E-state index contributed by atoms with van der Waals surface area (Å²) in [7, 11) is -3.44. The van der Waals surface area contributed by atoms with Crippen LogP contribution in [0.5, 0.6) is 0 Å². The van der Waals surface area contributed by atoms with Gasteiger partial charge in [-0.3, -0.25) is 0 Å². The van der Waals surface area contributed by atoms with Gasteiger partial charge < -0.3 is 0 Å². The molecular weight excluding hydrogens is 374 g/mol. The predicted molar refractivity (Wildman–Crippen MR) is 105 cm³/mol. The molecule has 0 amide bonds. The fourth-order valence-corrected chi connectivity index (χ4v) is 6.00. The van der Waals surface area contributed by atoms with Crippen molar-refractivity contribution in [2.45, 2.75) is 42.0 Å². The minimum absolute atomic E-state index is 0.0285. The third kappa shape index (κ3) is 4.59. The molecule has 1 heterocycles. The Hall–Kier alpha value is -1.01. The molecule has 1 atom stereocenters. The van der Waals surface area contributed by atoms with Crippen molar-refractivity contribution in [1.29, 1.82) is 0 Å². The number of piperidine rings is 1. The smallest absolute Gasteiger partial charge is 0.207 e. The zero-order valence-corrected chi connectivity index (χ0v) is 16.6. The molecule has 0 N–H and O–H groups in total. The van der Waals surface area contributed by atoms with Gasteiger partial charge in [-0.2, -0.15) is 4.31 Å². The van der Waals surface area contributed by atoms with Crippen LogP contribution in [0.1, 0.15) is 24.8 Å². The number of thioether (sulfide) groups is 1. The van der Waals surface area contributed by atoms with E-state index in [9.17, 15) is 8.42 Å². The molecule has 0 saturated carbocycles. The van der Waals surface area contributed by atoms with Gasteiger partial charge in [0.25, 0.3) is 0 Å². The van der Waals surface area contributed by atoms with Gasteiger partial charge in [-0.05, 0) is 56.2 Å². The van der Waals surface area contributed by atoms with E-state index in [1.165, 1.54) is 0 Å². The maximum absolute atomic E-state index is 13.1. The lowest BCUT2D eigenvalue weighted by atomic mass is 10.1. The molecule has 1 aliphatic rings. The first kappa shape index (κ1) is 18.8. The molecule has 0 aliphatic carbocycles. The molecule has 3 rings (SSSR count). The first-order valence-corrected chi connectivity index (χ1v) is 11.2. The summed E-state index contributed by atoms with van der Waals surface area (Å²) in [5.74, 6) is 0.757. The van der Waals surface area contributed by atoms with Gasteiger partial charge in [0, 0.05) is 28.3 Å². The molecule has 25 heavy (non-hydrogen) atoms. The Morgan fingerprint density at radius 3 is 2.44 bits per heavy atom. The standard InChI is InChI=1S/C19H22ClNO2S2/c1-15-5-11-19(12-6-15)25(22,23)21-13-3-2-4-17(21)14-24-18-9-7-16(20)8-10-18/h5-12,17H,2-4,13-14H2,1H3. The second kappa shape index (κ2) is 8.12. The molecule has 0 spiro atoms. The number of nitrogens with zero attached hydrogens (tertiary/aromatic N) is 1. The second-order valence-corrected chi connectivity index (χ2v) is 9.76. The van der Waals surface area contributed by atoms with Crippen LogP contribution in [0.2, 0.25) is 5.02 Å². The quantitative estimate of drug-likeness (QED) is 0.669. The molecule has 2 aromatic carbocycles. The Labute approximate surface area is 159 Å². The highest BCUT2D eigenvalue weighted by atomic mass is 35.5. The largest absolute Gasteiger partial charge is 0.243 e. The van der Waals surface area contributed by atoms with E-state index in [0.717, 1.165) is 35.5 Å². The highest BCUT2D eigenvalue weighted by Crippen LogP contribution is 2.30. The van der Waals surface area contributed by atoms with E-state index >= 15 is 0 Å². The summed E-state index contributed by atoms with van der Waals surface area (Å²) < 4.78 is 27.8. The SMILES string of the molecule is Cc1ccc(S(=O)(=O)N2CCCCC2CSc2ccc(Cl)cc2)cc1. The van der Waals surface area contributed by atoms with Crippen molar-refractivity contribution in [2.24, 2.45) is 0 Å². The number of rotatable bonds is 5. The van der Waals surface area contributed by atoms with Gasteiger partial charge in [-0.15, -0.1) is 11.8 Å². The monoisotopic (exact) mass is 395 g/mol. The van der Waals surface area contributed by atoms with Gasteiger partial charge in [0.05, 0.1) is 4.90 Å². The maximum atomic E-state index is 13.1. The molecule has 3 nitrogen and oxygen atoms in total. The number of hydrogen-bond acceptors (Lipinski definition) is 3. The first-order chi connectivity index (χ1) is 12.0. The predicted octanol–water partition coefficient (Wildman–Crippen LogP) is 4.98. The van der Waals surface area contributed by atoms with E-state index in [1.54, 1.807) is 28.2 Å². The normalized spacial score (nSPS) is 19.0. The van der Waals surface area contributed by atoms with Crippen LogP contribution < -0.4 is 0 Å². The molecular formula is C19H22ClNO2S2. The van der Waals surface area contributed by atoms with Gasteiger partial charge in [0.1, 0.15) is 0 Å². The number of aryl methyl sites for hydroxylation is 1. The lowest BCUT2D eigenvalue weighted by Crippen LogP contribution is -2.44. The second-order valence-electron chi connectivity index (χ2n) is 6.34. The average Bonchev–Trinajstić information content (AvgIpc) is 2.62. The number of sulfonamides is 1. The van der Waals surface area contributed by atoms with Crippen molar-refractivity contribution in [3.8, 4) is 0 Å². The van der Waals surface area contributed by atoms with Crippen molar-refractivity contribution in [3.05, 3.63) is 59.1 Å². The topological polar surface area (TPSA) is 37.4 Å². The molecule has 1 unspecified atom stereocenters.